The molecular formula is C11H13N3. The molecule has 1 unspecified atom stereocenters. The molecule has 0 aliphatic rings. The summed E-state index contributed by atoms with van der Waals surface area (Å²) in [6, 6.07) is 8.20. The smallest absolute Gasteiger partial charge is 0.0951 e. The van der Waals surface area contributed by atoms with Crippen molar-refractivity contribution in [3.05, 3.63) is 48.5 Å². The van der Waals surface area contributed by atoms with Gasteiger partial charge in [0.1, 0.15) is 0 Å². The van der Waals surface area contributed by atoms with Gasteiger partial charge in [-0.3, -0.25) is 0 Å². The number of rotatable bonds is 2. The van der Waals surface area contributed by atoms with Crippen molar-refractivity contribution in [3.8, 4) is 0 Å². The lowest BCUT2D eigenvalue weighted by Crippen LogP contribution is -2.04. The number of hydrogen-bond acceptors (Lipinski definition) is 2. The summed E-state index contributed by atoms with van der Waals surface area (Å²) in [6.45, 7) is 2.12. The quantitative estimate of drug-likeness (QED) is 0.731. The Kier molecular flexibility index (Phi) is 2.23. The Morgan fingerprint density at radius 1 is 1.43 bits per heavy atom. The van der Waals surface area contributed by atoms with Gasteiger partial charge in [-0.2, -0.15) is 0 Å². The third kappa shape index (κ3) is 1.62. The van der Waals surface area contributed by atoms with E-state index in [1.807, 2.05) is 30.7 Å². The Bertz CT molecular complexity index is 406. The summed E-state index contributed by atoms with van der Waals surface area (Å²) >= 11 is 0. The number of hydrogen-bond donors (Lipinski definition) is 1. The molecule has 3 heteroatoms. The Hall–Kier alpha value is -1.77. The van der Waals surface area contributed by atoms with Gasteiger partial charge in [0, 0.05) is 18.1 Å². The van der Waals surface area contributed by atoms with Crippen LogP contribution in [0, 0.1) is 0 Å². The van der Waals surface area contributed by atoms with E-state index in [2.05, 4.69) is 22.5 Å². The van der Waals surface area contributed by atoms with Gasteiger partial charge < -0.3 is 10.3 Å². The molecule has 0 fully saturated rings. The van der Waals surface area contributed by atoms with Crippen molar-refractivity contribution in [2.24, 2.45) is 0 Å². The lowest BCUT2D eigenvalue weighted by molar-refractivity contribution is 0.639. The molecule has 1 atom stereocenters. The highest BCUT2D eigenvalue weighted by atomic mass is 15.0. The summed E-state index contributed by atoms with van der Waals surface area (Å²) in [5.74, 6) is 0. The van der Waals surface area contributed by atoms with Gasteiger partial charge in [-0.1, -0.05) is 12.1 Å². The van der Waals surface area contributed by atoms with E-state index < -0.39 is 0 Å². The Morgan fingerprint density at radius 3 is 2.93 bits per heavy atom. The first kappa shape index (κ1) is 8.81. The molecule has 1 heterocycles. The van der Waals surface area contributed by atoms with E-state index in [9.17, 15) is 0 Å². The first-order chi connectivity index (χ1) is 6.77. The van der Waals surface area contributed by atoms with Gasteiger partial charge in [0.15, 0.2) is 0 Å². The van der Waals surface area contributed by atoms with Crippen molar-refractivity contribution >= 4 is 5.69 Å². The van der Waals surface area contributed by atoms with Gasteiger partial charge in [0.25, 0.3) is 0 Å². The van der Waals surface area contributed by atoms with Gasteiger partial charge in [-0.15, -0.1) is 0 Å². The third-order valence-corrected chi connectivity index (χ3v) is 2.37. The highest BCUT2D eigenvalue weighted by molar-refractivity contribution is 5.41. The SMILES string of the molecule is CC(c1cccc(N)c1)n1ccnc1. The lowest BCUT2D eigenvalue weighted by Gasteiger charge is -2.13. The van der Waals surface area contributed by atoms with Crippen molar-refractivity contribution in [3.63, 3.8) is 0 Å². The largest absolute Gasteiger partial charge is 0.399 e. The highest BCUT2D eigenvalue weighted by Crippen LogP contribution is 2.18. The number of nitrogen functional groups attached to an aromatic ring is 1. The Balaban J connectivity index is 2.32. The van der Waals surface area contributed by atoms with Crippen LogP contribution in [0.1, 0.15) is 18.5 Å². The van der Waals surface area contributed by atoms with Crippen LogP contribution in [0.3, 0.4) is 0 Å². The van der Waals surface area contributed by atoms with Crippen LogP contribution in [-0.4, -0.2) is 9.55 Å². The molecule has 1 aromatic carbocycles. The maximum Gasteiger partial charge on any atom is 0.0951 e. The topological polar surface area (TPSA) is 43.8 Å². The lowest BCUT2D eigenvalue weighted by atomic mass is 10.1. The van der Waals surface area contributed by atoms with Crippen LogP contribution in [-0.2, 0) is 0 Å². The van der Waals surface area contributed by atoms with Gasteiger partial charge >= 0.3 is 0 Å². The fourth-order valence-electron chi connectivity index (χ4n) is 1.49. The van der Waals surface area contributed by atoms with E-state index in [1.54, 1.807) is 6.20 Å². The molecule has 2 aromatic rings. The summed E-state index contributed by atoms with van der Waals surface area (Å²) in [5, 5.41) is 0. The van der Waals surface area contributed by atoms with E-state index in [4.69, 9.17) is 5.73 Å². The number of anilines is 1. The molecule has 0 aliphatic carbocycles. The van der Waals surface area contributed by atoms with E-state index in [1.165, 1.54) is 5.56 Å². The normalized spacial score (nSPS) is 12.6. The number of nitrogens with zero attached hydrogens (tertiary/aromatic N) is 2. The second kappa shape index (κ2) is 3.54. The van der Waals surface area contributed by atoms with Crippen LogP contribution in [0.2, 0.25) is 0 Å². The zero-order chi connectivity index (χ0) is 9.97. The van der Waals surface area contributed by atoms with Crippen molar-refractivity contribution in [2.45, 2.75) is 13.0 Å². The molecule has 0 aliphatic heterocycles. The summed E-state index contributed by atoms with van der Waals surface area (Å²) in [6.07, 6.45) is 5.55. The van der Waals surface area contributed by atoms with Crippen LogP contribution in [0.5, 0.6) is 0 Å². The van der Waals surface area contributed by atoms with Crippen LogP contribution >= 0.6 is 0 Å². The summed E-state index contributed by atoms with van der Waals surface area (Å²) in [4.78, 5) is 4.02. The van der Waals surface area contributed by atoms with Crippen LogP contribution in [0.25, 0.3) is 0 Å². The molecule has 72 valence electrons. The molecule has 2 N–H and O–H groups in total. The van der Waals surface area contributed by atoms with Gasteiger partial charge in [-0.05, 0) is 24.6 Å². The van der Waals surface area contributed by atoms with Crippen molar-refractivity contribution in [1.82, 2.24) is 9.55 Å². The molecule has 1 aromatic heterocycles. The number of imidazole rings is 1. The molecular weight excluding hydrogens is 174 g/mol. The van der Waals surface area contributed by atoms with Crippen molar-refractivity contribution < 1.29 is 0 Å². The summed E-state index contributed by atoms with van der Waals surface area (Å²) < 4.78 is 2.05. The summed E-state index contributed by atoms with van der Waals surface area (Å²) in [5.41, 5.74) is 7.72. The fraction of sp³-hybridized carbons (Fsp3) is 0.182. The minimum absolute atomic E-state index is 0.279. The predicted octanol–water partition coefficient (Wildman–Crippen LogP) is 2.07. The molecule has 0 saturated heterocycles. The second-order valence-corrected chi connectivity index (χ2v) is 3.36. The van der Waals surface area contributed by atoms with E-state index in [0.29, 0.717) is 0 Å². The van der Waals surface area contributed by atoms with E-state index >= 15 is 0 Å². The summed E-state index contributed by atoms with van der Waals surface area (Å²) in [7, 11) is 0. The standard InChI is InChI=1S/C11H13N3/c1-9(14-6-5-13-8-14)10-3-2-4-11(12)7-10/h2-9H,12H2,1H3. The first-order valence-corrected chi connectivity index (χ1v) is 4.60. The average Bonchev–Trinajstić information content (AvgIpc) is 2.69. The van der Waals surface area contributed by atoms with Gasteiger partial charge in [0.05, 0.1) is 12.4 Å². The van der Waals surface area contributed by atoms with Crippen LogP contribution in [0.15, 0.2) is 43.0 Å². The highest BCUT2D eigenvalue weighted by Gasteiger charge is 2.05. The van der Waals surface area contributed by atoms with Crippen LogP contribution in [0.4, 0.5) is 5.69 Å². The number of aromatic nitrogens is 2. The van der Waals surface area contributed by atoms with Crippen molar-refractivity contribution in [2.75, 3.05) is 5.73 Å². The first-order valence-electron chi connectivity index (χ1n) is 4.60. The van der Waals surface area contributed by atoms with Crippen molar-refractivity contribution in [1.29, 1.82) is 0 Å². The van der Waals surface area contributed by atoms with E-state index in [0.717, 1.165) is 5.69 Å². The molecule has 0 bridgehead atoms. The molecule has 0 saturated carbocycles. The van der Waals surface area contributed by atoms with Crippen LogP contribution < -0.4 is 5.73 Å². The third-order valence-electron chi connectivity index (χ3n) is 2.37. The fourth-order valence-corrected chi connectivity index (χ4v) is 1.49. The zero-order valence-electron chi connectivity index (χ0n) is 8.09. The minimum atomic E-state index is 0.279. The molecule has 3 nitrogen and oxygen atoms in total. The maximum atomic E-state index is 5.72. The monoisotopic (exact) mass is 187 g/mol. The molecule has 0 spiro atoms. The number of benzene rings is 1. The maximum absolute atomic E-state index is 5.72. The van der Waals surface area contributed by atoms with Gasteiger partial charge in [-0.25, -0.2) is 4.98 Å². The second-order valence-electron chi connectivity index (χ2n) is 3.36. The Labute approximate surface area is 83.2 Å². The average molecular weight is 187 g/mol. The molecule has 0 amide bonds. The minimum Gasteiger partial charge on any atom is -0.399 e. The number of nitrogens with two attached hydrogens (primary N) is 1. The Morgan fingerprint density at radius 2 is 2.29 bits per heavy atom. The molecule has 0 radical (unpaired) electrons. The predicted molar refractivity (Wildman–Crippen MR) is 56.9 cm³/mol. The van der Waals surface area contributed by atoms with Gasteiger partial charge in [0.2, 0.25) is 0 Å². The molecule has 14 heavy (non-hydrogen) atoms. The molecule has 2 rings (SSSR count). The van der Waals surface area contributed by atoms with E-state index in [-0.39, 0.29) is 6.04 Å². The zero-order valence-corrected chi connectivity index (χ0v) is 8.09.